The Labute approximate surface area is 171 Å². The lowest BCUT2D eigenvalue weighted by Crippen LogP contribution is -2.34. The summed E-state index contributed by atoms with van der Waals surface area (Å²) in [5, 5.41) is 3.25. The number of hydrogen-bond donors (Lipinski definition) is 2. The fraction of sp³-hybridized carbons (Fsp3) is 0.381. The van der Waals surface area contributed by atoms with Crippen LogP contribution in [0, 0.1) is 6.92 Å². The van der Waals surface area contributed by atoms with E-state index in [9.17, 15) is 13.2 Å². The highest BCUT2D eigenvalue weighted by molar-refractivity contribution is 7.92. The molecule has 3 rings (SSSR count). The van der Waals surface area contributed by atoms with Crippen molar-refractivity contribution in [1.82, 2.24) is 5.32 Å². The second kappa shape index (κ2) is 8.97. The molecule has 0 aromatic heterocycles. The zero-order valence-corrected chi connectivity index (χ0v) is 17.4. The number of carbonyl (C=O) groups excluding carboxylic acids is 1. The van der Waals surface area contributed by atoms with Gasteiger partial charge in [-0.05, 0) is 50.1 Å². The predicted octanol–water partition coefficient (Wildman–Crippen LogP) is 4.90. The summed E-state index contributed by atoms with van der Waals surface area (Å²) >= 11 is 6.25. The largest absolute Gasteiger partial charge is 0.349 e. The van der Waals surface area contributed by atoms with Crippen molar-refractivity contribution in [2.45, 2.75) is 56.4 Å². The van der Waals surface area contributed by atoms with Crippen molar-refractivity contribution in [1.29, 1.82) is 0 Å². The van der Waals surface area contributed by atoms with E-state index < -0.39 is 10.0 Å². The predicted molar refractivity (Wildman–Crippen MR) is 112 cm³/mol. The number of aryl methyl sites for hydroxylation is 1. The van der Waals surface area contributed by atoms with Gasteiger partial charge in [0.1, 0.15) is 0 Å². The van der Waals surface area contributed by atoms with Crippen LogP contribution in [0.15, 0.2) is 47.4 Å². The molecule has 5 nitrogen and oxygen atoms in total. The van der Waals surface area contributed by atoms with Gasteiger partial charge in [0.25, 0.3) is 15.9 Å². The molecule has 7 heteroatoms. The quantitative estimate of drug-likeness (QED) is 0.675. The number of nitrogens with one attached hydrogen (secondary N) is 2. The van der Waals surface area contributed by atoms with Gasteiger partial charge in [-0.3, -0.25) is 9.52 Å². The lowest BCUT2D eigenvalue weighted by Gasteiger charge is -2.17. The fourth-order valence-electron chi connectivity index (χ4n) is 3.35. The number of benzene rings is 2. The standard InChI is InChI=1S/C21H25ClN2O3S/c1-15-8-11-18(12-9-15)28(26,27)24-20-13-10-16(14-19(20)22)21(25)23-17-6-4-2-3-5-7-17/h8-14,17,24H,2-7H2,1H3,(H,23,25). The number of halogens is 1. The molecule has 2 N–H and O–H groups in total. The maximum atomic E-state index is 12.5. The van der Waals surface area contributed by atoms with Gasteiger partial charge in [0, 0.05) is 11.6 Å². The summed E-state index contributed by atoms with van der Waals surface area (Å²) in [6.45, 7) is 1.89. The van der Waals surface area contributed by atoms with Crippen molar-refractivity contribution in [3.05, 3.63) is 58.6 Å². The average Bonchev–Trinajstić information content (AvgIpc) is 2.92. The molecule has 2 aromatic rings. The van der Waals surface area contributed by atoms with E-state index in [4.69, 9.17) is 11.6 Å². The average molecular weight is 421 g/mol. The molecule has 0 radical (unpaired) electrons. The Kier molecular flexibility index (Phi) is 6.62. The van der Waals surface area contributed by atoms with Gasteiger partial charge in [-0.1, -0.05) is 55.0 Å². The van der Waals surface area contributed by atoms with Crippen LogP contribution in [0.4, 0.5) is 5.69 Å². The summed E-state index contributed by atoms with van der Waals surface area (Å²) in [6, 6.07) is 11.4. The minimum Gasteiger partial charge on any atom is -0.349 e. The Morgan fingerprint density at radius 1 is 1.00 bits per heavy atom. The minimum atomic E-state index is -3.75. The normalized spacial score (nSPS) is 15.6. The van der Waals surface area contributed by atoms with Gasteiger partial charge in [-0.25, -0.2) is 8.42 Å². The molecule has 28 heavy (non-hydrogen) atoms. The van der Waals surface area contributed by atoms with Gasteiger partial charge in [0.2, 0.25) is 0 Å². The SMILES string of the molecule is Cc1ccc(S(=O)(=O)Nc2ccc(C(=O)NC3CCCCCC3)cc2Cl)cc1. The third-order valence-corrected chi connectivity index (χ3v) is 6.69. The molecule has 1 fully saturated rings. The summed E-state index contributed by atoms with van der Waals surface area (Å²) in [4.78, 5) is 12.7. The summed E-state index contributed by atoms with van der Waals surface area (Å²) in [5.74, 6) is -0.179. The van der Waals surface area contributed by atoms with Crippen LogP contribution >= 0.6 is 11.6 Å². The summed E-state index contributed by atoms with van der Waals surface area (Å²) in [5.41, 5.74) is 1.64. The number of anilines is 1. The smallest absolute Gasteiger partial charge is 0.261 e. The Bertz CT molecular complexity index is 935. The second-order valence-corrected chi connectivity index (χ2v) is 9.36. The van der Waals surface area contributed by atoms with E-state index in [0.29, 0.717) is 5.56 Å². The first-order valence-corrected chi connectivity index (χ1v) is 11.4. The molecule has 0 heterocycles. The van der Waals surface area contributed by atoms with Crippen LogP contribution in [0.3, 0.4) is 0 Å². The lowest BCUT2D eigenvalue weighted by atomic mass is 10.1. The Morgan fingerprint density at radius 2 is 1.64 bits per heavy atom. The highest BCUT2D eigenvalue weighted by Gasteiger charge is 2.19. The van der Waals surface area contributed by atoms with E-state index >= 15 is 0 Å². The zero-order valence-electron chi connectivity index (χ0n) is 15.9. The highest BCUT2D eigenvalue weighted by Crippen LogP contribution is 2.26. The van der Waals surface area contributed by atoms with Crippen LogP contribution in [0.25, 0.3) is 0 Å². The number of hydrogen-bond acceptors (Lipinski definition) is 3. The van der Waals surface area contributed by atoms with E-state index in [1.165, 1.54) is 25.0 Å². The van der Waals surface area contributed by atoms with Crippen molar-refractivity contribution in [2.75, 3.05) is 4.72 Å². The van der Waals surface area contributed by atoms with E-state index in [0.717, 1.165) is 31.2 Å². The van der Waals surface area contributed by atoms with Gasteiger partial charge in [0.05, 0.1) is 15.6 Å². The minimum absolute atomic E-state index is 0.157. The molecule has 0 bridgehead atoms. The molecule has 1 aliphatic rings. The fourth-order valence-corrected chi connectivity index (χ4v) is 4.72. The number of amides is 1. The van der Waals surface area contributed by atoms with Crippen LogP contribution in [0.5, 0.6) is 0 Å². The van der Waals surface area contributed by atoms with Gasteiger partial charge >= 0.3 is 0 Å². The van der Waals surface area contributed by atoms with Crippen LogP contribution in [-0.4, -0.2) is 20.4 Å². The summed E-state index contributed by atoms with van der Waals surface area (Å²) < 4.78 is 27.5. The van der Waals surface area contributed by atoms with E-state index in [2.05, 4.69) is 10.0 Å². The van der Waals surface area contributed by atoms with Gasteiger partial charge in [0.15, 0.2) is 0 Å². The third kappa shape index (κ3) is 5.26. The summed E-state index contributed by atoms with van der Waals surface area (Å²) in [6.07, 6.45) is 6.68. The Morgan fingerprint density at radius 3 is 2.25 bits per heavy atom. The van der Waals surface area contributed by atoms with Crippen LogP contribution in [0.2, 0.25) is 5.02 Å². The molecule has 0 atom stereocenters. The Hall–Kier alpha value is -2.05. The molecule has 1 amide bonds. The van der Waals surface area contributed by atoms with E-state index in [1.807, 2.05) is 6.92 Å². The van der Waals surface area contributed by atoms with Crippen molar-refractivity contribution < 1.29 is 13.2 Å². The zero-order chi connectivity index (χ0) is 20.1. The topological polar surface area (TPSA) is 75.3 Å². The first kappa shape index (κ1) is 20.7. The van der Waals surface area contributed by atoms with Crippen molar-refractivity contribution in [3.63, 3.8) is 0 Å². The second-order valence-electron chi connectivity index (χ2n) is 7.28. The molecule has 150 valence electrons. The highest BCUT2D eigenvalue weighted by atomic mass is 35.5. The van der Waals surface area contributed by atoms with Crippen LogP contribution in [-0.2, 0) is 10.0 Å². The van der Waals surface area contributed by atoms with Crippen molar-refractivity contribution in [3.8, 4) is 0 Å². The molecular formula is C21H25ClN2O3S. The van der Waals surface area contributed by atoms with Crippen molar-refractivity contribution in [2.24, 2.45) is 0 Å². The first-order valence-electron chi connectivity index (χ1n) is 9.55. The molecule has 1 saturated carbocycles. The molecule has 0 saturated heterocycles. The first-order chi connectivity index (χ1) is 13.3. The van der Waals surface area contributed by atoms with E-state index in [1.54, 1.807) is 30.3 Å². The molecular weight excluding hydrogens is 396 g/mol. The van der Waals surface area contributed by atoms with Crippen LogP contribution in [0.1, 0.15) is 54.4 Å². The van der Waals surface area contributed by atoms with Crippen LogP contribution < -0.4 is 10.0 Å². The summed E-state index contributed by atoms with van der Waals surface area (Å²) in [7, 11) is -3.75. The molecule has 0 unspecified atom stereocenters. The molecule has 0 aliphatic heterocycles. The monoisotopic (exact) mass is 420 g/mol. The Balaban J connectivity index is 1.71. The van der Waals surface area contributed by atoms with Gasteiger partial charge in [-0.15, -0.1) is 0 Å². The van der Waals surface area contributed by atoms with Crippen molar-refractivity contribution >= 4 is 33.2 Å². The maximum absolute atomic E-state index is 12.5. The molecule has 0 spiro atoms. The van der Waals surface area contributed by atoms with Gasteiger partial charge in [-0.2, -0.15) is 0 Å². The maximum Gasteiger partial charge on any atom is 0.261 e. The van der Waals surface area contributed by atoms with E-state index in [-0.39, 0.29) is 27.6 Å². The third-order valence-electron chi connectivity index (χ3n) is 5.00. The molecule has 2 aromatic carbocycles. The number of rotatable bonds is 5. The molecule has 1 aliphatic carbocycles. The number of carbonyl (C=O) groups is 1. The number of sulfonamides is 1. The lowest BCUT2D eigenvalue weighted by molar-refractivity contribution is 0.0933. The van der Waals surface area contributed by atoms with Gasteiger partial charge < -0.3 is 5.32 Å².